The number of fused-ring (bicyclic) bond motifs is 1. The second-order valence-electron chi connectivity index (χ2n) is 8.02. The Hall–Kier alpha value is -3.83. The maximum Gasteiger partial charge on any atom is 0.490 e. The number of hydrogen-bond donors (Lipinski definition) is 2. The van der Waals surface area contributed by atoms with Crippen molar-refractivity contribution < 1.29 is 63.7 Å². The van der Waals surface area contributed by atoms with Crippen molar-refractivity contribution in [2.24, 2.45) is 5.73 Å². The van der Waals surface area contributed by atoms with Gasteiger partial charge in [-0.25, -0.2) is 27.7 Å². The lowest BCUT2D eigenvalue weighted by molar-refractivity contribution is -0.192. The topological polar surface area (TPSA) is 128 Å². The van der Waals surface area contributed by atoms with Crippen molar-refractivity contribution in [2.45, 2.75) is 44.3 Å². The molecule has 9 nitrogen and oxygen atoms in total. The molecular formula is C21H19F9N4O5. The number of imidazole rings is 1. The Bertz CT molecular complexity index is 1240. The number of carboxylic acid groups (broad SMARTS) is 1. The number of carbonyl (C=O) groups excluding carboxylic acids is 2. The van der Waals surface area contributed by atoms with E-state index in [1.807, 2.05) is 0 Å². The summed E-state index contributed by atoms with van der Waals surface area (Å²) < 4.78 is 117. The maximum atomic E-state index is 13.8. The lowest BCUT2D eigenvalue weighted by Gasteiger charge is -2.30. The average Bonchev–Trinajstić information content (AvgIpc) is 3.21. The van der Waals surface area contributed by atoms with Gasteiger partial charge in [0.15, 0.2) is 17.3 Å². The van der Waals surface area contributed by atoms with E-state index in [4.69, 9.17) is 15.6 Å². The number of aliphatic carboxylic acids is 1. The molecule has 0 aliphatic carbocycles. The Balaban J connectivity index is 0.000000673. The minimum atomic E-state index is -5.08. The molecule has 1 aliphatic heterocycles. The molecule has 0 saturated heterocycles. The van der Waals surface area contributed by atoms with Crippen LogP contribution in [0.4, 0.5) is 39.5 Å². The number of nitrogens with zero attached hydrogens (tertiary/aromatic N) is 3. The third kappa shape index (κ3) is 7.84. The van der Waals surface area contributed by atoms with E-state index in [1.54, 1.807) is 0 Å². The van der Waals surface area contributed by atoms with Crippen LogP contribution in [0.3, 0.4) is 0 Å². The van der Waals surface area contributed by atoms with Gasteiger partial charge in [-0.15, -0.1) is 0 Å². The summed E-state index contributed by atoms with van der Waals surface area (Å²) >= 11 is 0. The van der Waals surface area contributed by atoms with Gasteiger partial charge in [-0.1, -0.05) is 0 Å². The van der Waals surface area contributed by atoms with Gasteiger partial charge in [0.25, 0.3) is 0 Å². The summed E-state index contributed by atoms with van der Waals surface area (Å²) in [4.78, 5) is 37.9. The summed E-state index contributed by atoms with van der Waals surface area (Å²) in [6, 6.07) is 0.0485. The molecule has 0 bridgehead atoms. The fourth-order valence-electron chi connectivity index (χ4n) is 3.49. The molecule has 2 aromatic rings. The van der Waals surface area contributed by atoms with E-state index in [0.717, 1.165) is 11.7 Å². The lowest BCUT2D eigenvalue weighted by atomic mass is 10.0. The number of ether oxygens (including phenoxy) is 1. The fourth-order valence-corrected chi connectivity index (χ4v) is 3.49. The van der Waals surface area contributed by atoms with E-state index in [0.29, 0.717) is 12.1 Å². The van der Waals surface area contributed by atoms with Crippen molar-refractivity contribution in [3.63, 3.8) is 0 Å². The summed E-state index contributed by atoms with van der Waals surface area (Å²) in [5.74, 6) is -9.32. The first-order chi connectivity index (χ1) is 17.9. The highest BCUT2D eigenvalue weighted by Crippen LogP contribution is 2.32. The molecule has 216 valence electrons. The molecule has 1 aromatic carbocycles. The van der Waals surface area contributed by atoms with E-state index in [-0.39, 0.29) is 43.7 Å². The Labute approximate surface area is 212 Å². The van der Waals surface area contributed by atoms with Crippen molar-refractivity contribution in [1.82, 2.24) is 14.5 Å². The summed E-state index contributed by atoms with van der Waals surface area (Å²) in [5.41, 5.74) is 4.95. The first kappa shape index (κ1) is 31.4. The van der Waals surface area contributed by atoms with Crippen molar-refractivity contribution in [1.29, 1.82) is 0 Å². The molecule has 1 aliphatic rings. The molecule has 2 heterocycles. The Kier molecular flexibility index (Phi) is 9.59. The second kappa shape index (κ2) is 11.9. The van der Waals surface area contributed by atoms with Crippen LogP contribution in [0.5, 0.6) is 0 Å². The monoisotopic (exact) mass is 578 g/mol. The average molecular weight is 578 g/mol. The van der Waals surface area contributed by atoms with Gasteiger partial charge < -0.3 is 25.0 Å². The molecule has 0 radical (unpaired) electrons. The van der Waals surface area contributed by atoms with Crippen LogP contribution in [-0.2, 0) is 40.0 Å². The number of halogens is 9. The molecule has 0 fully saturated rings. The largest absolute Gasteiger partial charge is 0.490 e. The number of benzene rings is 1. The van der Waals surface area contributed by atoms with Gasteiger partial charge in [-0.05, 0) is 18.1 Å². The van der Waals surface area contributed by atoms with Gasteiger partial charge in [0.1, 0.15) is 5.82 Å². The predicted octanol–water partition coefficient (Wildman–Crippen LogP) is 3.04. The first-order valence-corrected chi connectivity index (χ1v) is 10.6. The molecule has 0 spiro atoms. The molecule has 1 amide bonds. The quantitative estimate of drug-likeness (QED) is 0.317. The third-order valence-corrected chi connectivity index (χ3v) is 5.24. The van der Waals surface area contributed by atoms with Gasteiger partial charge in [0.2, 0.25) is 11.7 Å². The number of methoxy groups -OCH3 is 1. The van der Waals surface area contributed by atoms with Gasteiger partial charge in [-0.2, -0.15) is 26.3 Å². The zero-order chi connectivity index (χ0) is 29.9. The maximum absolute atomic E-state index is 13.8. The van der Waals surface area contributed by atoms with Crippen molar-refractivity contribution in [2.75, 3.05) is 13.7 Å². The Morgan fingerprint density at radius 1 is 1.05 bits per heavy atom. The molecule has 3 N–H and O–H groups in total. The van der Waals surface area contributed by atoms with Crippen molar-refractivity contribution in [3.8, 4) is 0 Å². The molecule has 39 heavy (non-hydrogen) atoms. The zero-order valence-corrected chi connectivity index (χ0v) is 19.7. The van der Waals surface area contributed by atoms with Gasteiger partial charge >= 0.3 is 24.3 Å². The first-order valence-electron chi connectivity index (χ1n) is 10.6. The van der Waals surface area contributed by atoms with Crippen LogP contribution < -0.4 is 5.73 Å². The lowest BCUT2D eigenvalue weighted by Crippen LogP contribution is -2.42. The fraction of sp³-hybridized carbons (Fsp3) is 0.429. The summed E-state index contributed by atoms with van der Waals surface area (Å²) in [6.45, 7) is -0.732. The summed E-state index contributed by atoms with van der Waals surface area (Å²) in [7, 11) is 0.990. The molecule has 1 atom stereocenters. The van der Waals surface area contributed by atoms with Gasteiger partial charge in [-0.3, -0.25) is 4.79 Å². The van der Waals surface area contributed by atoms with E-state index >= 15 is 0 Å². The smallest absolute Gasteiger partial charge is 0.475 e. The van der Waals surface area contributed by atoms with Crippen LogP contribution in [0.15, 0.2) is 12.1 Å². The SMILES string of the molecule is COC(=O)c1nc(C(F)(F)F)n2c1CN(C(=O)C[C@H](N)Cc1cc(F)c(F)cc1F)CC2.O=C(O)C(F)(F)F. The van der Waals surface area contributed by atoms with Crippen LogP contribution >= 0.6 is 0 Å². The number of hydrogen-bond acceptors (Lipinski definition) is 6. The standard InChI is InChI=1S/C19H18F6N4O3.C2HF3O2/c1-32-17(31)16-14-8-28(2-3-29(14)18(27-16)19(23,24)25)15(30)6-10(26)4-9-5-12(21)13(22)7-11(9)20;3-2(4,5)1(6)7/h5,7,10H,2-4,6,8,26H2,1H3;(H,6,7)/t10-;/m1./s1. The van der Waals surface area contributed by atoms with Gasteiger partial charge in [0.05, 0.1) is 19.3 Å². The van der Waals surface area contributed by atoms with Crippen LogP contribution in [0.25, 0.3) is 0 Å². The zero-order valence-electron chi connectivity index (χ0n) is 19.7. The molecule has 1 aromatic heterocycles. The Morgan fingerprint density at radius 2 is 1.62 bits per heavy atom. The van der Waals surface area contributed by atoms with Crippen LogP contribution in [0, 0.1) is 17.5 Å². The molecular weight excluding hydrogens is 559 g/mol. The van der Waals surface area contributed by atoms with Crippen LogP contribution in [0.1, 0.15) is 34.0 Å². The number of aromatic nitrogens is 2. The number of carbonyl (C=O) groups is 3. The molecule has 0 saturated carbocycles. The number of carboxylic acids is 1. The van der Waals surface area contributed by atoms with E-state index in [1.165, 1.54) is 4.90 Å². The summed E-state index contributed by atoms with van der Waals surface area (Å²) in [6.07, 6.45) is -10.5. The highest BCUT2D eigenvalue weighted by atomic mass is 19.4. The molecule has 0 unspecified atom stereocenters. The second-order valence-corrected chi connectivity index (χ2v) is 8.02. The van der Waals surface area contributed by atoms with Crippen molar-refractivity contribution in [3.05, 3.63) is 52.4 Å². The van der Waals surface area contributed by atoms with Gasteiger partial charge in [0, 0.05) is 31.6 Å². The number of alkyl halides is 6. The van der Waals surface area contributed by atoms with Crippen molar-refractivity contribution >= 4 is 17.8 Å². The summed E-state index contributed by atoms with van der Waals surface area (Å²) in [5, 5.41) is 7.12. The van der Waals surface area contributed by atoms with Crippen LogP contribution in [0.2, 0.25) is 0 Å². The normalized spacial score (nSPS) is 14.2. The molecule has 18 heteroatoms. The Morgan fingerprint density at radius 3 is 2.13 bits per heavy atom. The molecule has 3 rings (SSSR count). The number of esters is 1. The number of nitrogens with two attached hydrogens (primary N) is 1. The predicted molar refractivity (Wildman–Crippen MR) is 110 cm³/mol. The highest BCUT2D eigenvalue weighted by Gasteiger charge is 2.42. The minimum absolute atomic E-state index is 0.113. The third-order valence-electron chi connectivity index (χ3n) is 5.24. The minimum Gasteiger partial charge on any atom is -0.475 e. The van der Waals surface area contributed by atoms with E-state index < -0.39 is 65.2 Å². The number of amides is 1. The van der Waals surface area contributed by atoms with E-state index in [2.05, 4.69) is 9.72 Å². The van der Waals surface area contributed by atoms with E-state index in [9.17, 15) is 49.1 Å². The van der Waals surface area contributed by atoms with Crippen LogP contribution in [-0.4, -0.2) is 63.3 Å². The number of rotatable bonds is 5. The highest BCUT2D eigenvalue weighted by molar-refractivity contribution is 5.89.